The van der Waals surface area contributed by atoms with E-state index in [4.69, 9.17) is 9.47 Å². The molecule has 0 spiro atoms. The van der Waals surface area contributed by atoms with Crippen molar-refractivity contribution in [1.82, 2.24) is 15.5 Å². The van der Waals surface area contributed by atoms with E-state index in [9.17, 15) is 14.4 Å². The number of benzene rings is 3. The molecule has 3 amide bonds. The van der Waals surface area contributed by atoms with Crippen LogP contribution in [0.4, 0.5) is 9.59 Å². The van der Waals surface area contributed by atoms with Crippen molar-refractivity contribution in [2.45, 2.75) is 69.7 Å². The number of nitrogens with zero attached hydrogens (tertiary/aromatic N) is 2. The van der Waals surface area contributed by atoms with E-state index in [2.05, 4.69) is 73.8 Å². The van der Waals surface area contributed by atoms with E-state index in [1.165, 1.54) is 0 Å². The van der Waals surface area contributed by atoms with Crippen LogP contribution in [-0.2, 0) is 4.79 Å². The maximum Gasteiger partial charge on any atom is 0.419 e. The van der Waals surface area contributed by atoms with Gasteiger partial charge in [-0.05, 0) is 63.4 Å². The minimum atomic E-state index is -1.05. The number of aliphatic imine (C=N–C) groups is 1. The molecular formula is C36H43N4O5Si. The molecule has 1 aliphatic rings. The van der Waals surface area contributed by atoms with Crippen molar-refractivity contribution in [2.75, 3.05) is 6.54 Å². The van der Waals surface area contributed by atoms with Gasteiger partial charge in [-0.3, -0.25) is 20.4 Å². The van der Waals surface area contributed by atoms with E-state index in [1.807, 2.05) is 35.2 Å². The molecule has 241 valence electrons. The molecule has 0 aromatic heterocycles. The van der Waals surface area contributed by atoms with E-state index in [0.29, 0.717) is 24.5 Å². The zero-order chi connectivity index (χ0) is 33.2. The summed E-state index contributed by atoms with van der Waals surface area (Å²) in [7, 11) is -1.05. The van der Waals surface area contributed by atoms with Gasteiger partial charge in [0.05, 0.1) is 19.9 Å². The normalized spacial score (nSPS) is 17.7. The van der Waals surface area contributed by atoms with Crippen LogP contribution < -0.4 is 20.1 Å². The number of carbonyl (C=O) groups is 3. The number of hydrogen-bond donors (Lipinski definition) is 2. The van der Waals surface area contributed by atoms with Crippen LogP contribution in [0.25, 0.3) is 6.08 Å². The predicted molar refractivity (Wildman–Crippen MR) is 183 cm³/mol. The first-order chi connectivity index (χ1) is 22.0. The quantitative estimate of drug-likeness (QED) is 0.0795. The largest absolute Gasteiger partial charge is 0.419 e. The molecule has 0 bridgehead atoms. The Kier molecular flexibility index (Phi) is 11.5. The van der Waals surface area contributed by atoms with Crippen LogP contribution in [-0.4, -0.2) is 55.9 Å². The molecule has 2 N–H and O–H groups in total. The molecule has 3 aromatic rings. The van der Waals surface area contributed by atoms with Gasteiger partial charge in [0.25, 0.3) is 0 Å². The molecule has 2 atom stereocenters. The van der Waals surface area contributed by atoms with Gasteiger partial charge in [-0.1, -0.05) is 98.4 Å². The van der Waals surface area contributed by atoms with Gasteiger partial charge < -0.3 is 14.4 Å². The number of rotatable bonds is 10. The summed E-state index contributed by atoms with van der Waals surface area (Å²) in [6.45, 7) is 11.0. The number of para-hydroxylation sites is 2. The highest BCUT2D eigenvalue weighted by Gasteiger charge is 2.63. The molecule has 3 aromatic carbocycles. The molecule has 46 heavy (non-hydrogen) atoms. The summed E-state index contributed by atoms with van der Waals surface area (Å²) in [4.78, 5) is 45.6. The topological polar surface area (TPSA) is 109 Å². The van der Waals surface area contributed by atoms with E-state index >= 15 is 0 Å². The zero-order valence-electron chi connectivity index (χ0n) is 27.2. The Morgan fingerprint density at radius 2 is 1.35 bits per heavy atom. The Morgan fingerprint density at radius 3 is 1.83 bits per heavy atom. The Bertz CT molecular complexity index is 1470. The first-order valence-electron chi connectivity index (χ1n) is 15.5. The summed E-state index contributed by atoms with van der Waals surface area (Å²) < 4.78 is 10.6. The Hall–Kier alpha value is -4.70. The number of guanidine groups is 1. The lowest BCUT2D eigenvalue weighted by Gasteiger charge is -2.62. The summed E-state index contributed by atoms with van der Waals surface area (Å²) >= 11 is 0. The van der Waals surface area contributed by atoms with Crippen LogP contribution in [0.5, 0.6) is 11.5 Å². The fourth-order valence-electron chi connectivity index (χ4n) is 5.63. The van der Waals surface area contributed by atoms with E-state index in [-0.39, 0.29) is 23.4 Å². The van der Waals surface area contributed by atoms with Crippen molar-refractivity contribution in [3.63, 3.8) is 0 Å². The summed E-state index contributed by atoms with van der Waals surface area (Å²) in [6.07, 6.45) is 4.82. The average molecular weight is 640 g/mol. The number of unbranched alkanes of at least 4 members (excludes halogenated alkanes) is 1. The van der Waals surface area contributed by atoms with Gasteiger partial charge in [0, 0.05) is 12.1 Å². The van der Waals surface area contributed by atoms with Crippen molar-refractivity contribution in [3.8, 4) is 11.5 Å². The van der Waals surface area contributed by atoms with Crippen LogP contribution in [0.3, 0.4) is 0 Å². The van der Waals surface area contributed by atoms with Crippen molar-refractivity contribution in [2.24, 2.45) is 4.99 Å². The molecule has 4 rings (SSSR count). The fourth-order valence-corrected chi connectivity index (χ4v) is 7.67. The van der Waals surface area contributed by atoms with Crippen LogP contribution in [0, 0.1) is 0 Å². The number of amides is 3. The standard InChI is InChI=1S/C36H43N4O5Si/c1-35(2,3)40-30(24-23-27-17-9-6-10-18-27)36(31(40)41,46(4)5)25-15-16-26-37-32(38-33(42)44-28-19-11-7-12-20-28)39-34(43)45-29-21-13-8-14-22-29/h6-14,17-24,30H,15-16,25-26H2,1-5H3,(H2,37,38,39,42,43)/b24-23+/t30-,36-/m1/s1. The lowest BCUT2D eigenvalue weighted by atomic mass is 9.77. The molecule has 10 heteroatoms. The Morgan fingerprint density at radius 1 is 0.848 bits per heavy atom. The number of carbonyl (C=O) groups excluding carboxylic acids is 3. The predicted octanol–water partition coefficient (Wildman–Crippen LogP) is 7.31. The van der Waals surface area contributed by atoms with Crippen LogP contribution in [0.2, 0.25) is 18.1 Å². The smallest absolute Gasteiger partial charge is 0.410 e. The Balaban J connectivity index is 1.44. The number of β-lactam (4-membered cyclic amide) rings is 1. The van der Waals surface area contributed by atoms with Gasteiger partial charge in [-0.25, -0.2) is 9.59 Å². The number of nitrogens with one attached hydrogen (secondary N) is 2. The first kappa shape index (κ1) is 34.2. The molecule has 0 saturated carbocycles. The summed E-state index contributed by atoms with van der Waals surface area (Å²) in [5.74, 6) is 0.813. The molecule has 0 aliphatic carbocycles. The third-order valence-electron chi connectivity index (χ3n) is 7.87. The highest BCUT2D eigenvalue weighted by molar-refractivity contribution is 6.65. The highest BCUT2D eigenvalue weighted by Crippen LogP contribution is 2.55. The maximum absolute atomic E-state index is 13.9. The number of ether oxygens (including phenoxy) is 2. The van der Waals surface area contributed by atoms with Crippen LogP contribution in [0.15, 0.2) is 102 Å². The Labute approximate surface area is 273 Å². The second-order valence-electron chi connectivity index (χ2n) is 12.4. The monoisotopic (exact) mass is 639 g/mol. The van der Waals surface area contributed by atoms with Crippen molar-refractivity contribution >= 4 is 38.9 Å². The third kappa shape index (κ3) is 8.72. The molecule has 0 unspecified atom stereocenters. The van der Waals surface area contributed by atoms with Crippen LogP contribution in [0.1, 0.15) is 45.6 Å². The van der Waals surface area contributed by atoms with Crippen molar-refractivity contribution < 1.29 is 23.9 Å². The average Bonchev–Trinajstić information content (AvgIpc) is 3.01. The third-order valence-corrected chi connectivity index (χ3v) is 10.4. The first-order valence-corrected chi connectivity index (χ1v) is 18.0. The van der Waals surface area contributed by atoms with Gasteiger partial charge >= 0.3 is 12.2 Å². The fraction of sp³-hybridized carbons (Fsp3) is 0.333. The van der Waals surface area contributed by atoms with E-state index in [1.54, 1.807) is 48.5 Å². The van der Waals surface area contributed by atoms with Gasteiger partial charge in [-0.15, -0.1) is 0 Å². The molecule has 1 saturated heterocycles. The number of likely N-dealkylation sites (tertiary alicyclic amines) is 1. The molecule has 9 nitrogen and oxygen atoms in total. The highest BCUT2D eigenvalue weighted by atomic mass is 28.3. The van der Waals surface area contributed by atoms with Gasteiger partial charge in [0.2, 0.25) is 11.9 Å². The summed E-state index contributed by atoms with van der Waals surface area (Å²) in [6, 6.07) is 27.3. The lowest BCUT2D eigenvalue weighted by Crippen LogP contribution is -2.72. The lowest BCUT2D eigenvalue weighted by molar-refractivity contribution is -0.160. The summed E-state index contributed by atoms with van der Waals surface area (Å²) in [5, 5.41) is 4.58. The minimum Gasteiger partial charge on any atom is -0.410 e. The molecule has 1 radical (unpaired) electrons. The van der Waals surface area contributed by atoms with Gasteiger partial charge in [-0.2, -0.15) is 0 Å². The number of hydrogen-bond acceptors (Lipinski definition) is 6. The molecule has 1 fully saturated rings. The maximum atomic E-state index is 13.9. The van der Waals surface area contributed by atoms with E-state index in [0.717, 1.165) is 18.4 Å². The van der Waals surface area contributed by atoms with Gasteiger partial charge in [0.15, 0.2) is 0 Å². The molecular weight excluding hydrogens is 597 g/mol. The second kappa shape index (κ2) is 15.5. The van der Waals surface area contributed by atoms with E-state index < -0.39 is 26.0 Å². The molecule has 1 heterocycles. The summed E-state index contributed by atoms with van der Waals surface area (Å²) in [5.41, 5.74) is 0.798. The SMILES string of the molecule is C[Si](C)[C@@]1(CCCCN=C(NC(=O)Oc2ccccc2)NC(=O)Oc2ccccc2)C(=O)N(C(C)(C)C)[C@@H]1/C=C/c1ccccc1. The molecule has 1 aliphatic heterocycles. The van der Waals surface area contributed by atoms with Crippen molar-refractivity contribution in [3.05, 3.63) is 103 Å². The minimum absolute atomic E-state index is 0.00740. The van der Waals surface area contributed by atoms with Crippen molar-refractivity contribution in [1.29, 1.82) is 0 Å². The zero-order valence-corrected chi connectivity index (χ0v) is 28.2. The van der Waals surface area contributed by atoms with Crippen LogP contribution >= 0.6 is 0 Å². The second-order valence-corrected chi connectivity index (χ2v) is 15.3. The van der Waals surface area contributed by atoms with Gasteiger partial charge in [0.1, 0.15) is 11.5 Å².